The van der Waals surface area contributed by atoms with Crippen molar-refractivity contribution >= 4 is 5.97 Å². The number of cyclic esters (lactones) is 1. The van der Waals surface area contributed by atoms with Gasteiger partial charge in [0.25, 0.3) is 0 Å². The molecule has 33 heavy (non-hydrogen) atoms. The van der Waals surface area contributed by atoms with Crippen LogP contribution in [0.3, 0.4) is 0 Å². The Hall–Kier alpha value is -2.21. The van der Waals surface area contributed by atoms with E-state index in [1.165, 1.54) is 11.6 Å². The van der Waals surface area contributed by atoms with Crippen molar-refractivity contribution in [3.8, 4) is 0 Å². The lowest BCUT2D eigenvalue weighted by molar-refractivity contribution is -0.141. The molecule has 0 aromatic rings. The molecular weight excluding hydrogens is 414 g/mol. The average Bonchev–Trinajstić information content (AvgIpc) is 2.75. The Morgan fingerprint density at radius 1 is 1.33 bits per heavy atom. The van der Waals surface area contributed by atoms with E-state index in [9.17, 15) is 9.90 Å². The molecule has 2 aliphatic rings. The Bertz CT molecular complexity index is 820. The molecule has 3 N–H and O–H groups in total. The van der Waals surface area contributed by atoms with Crippen molar-refractivity contribution in [2.45, 2.75) is 84.3 Å². The van der Waals surface area contributed by atoms with Crippen LogP contribution in [0.2, 0.25) is 0 Å². The second kappa shape index (κ2) is 13.5. The fourth-order valence-electron chi connectivity index (χ4n) is 4.25. The van der Waals surface area contributed by atoms with Crippen LogP contribution in [0.1, 0.15) is 53.9 Å². The third-order valence-electron chi connectivity index (χ3n) is 6.14. The van der Waals surface area contributed by atoms with Gasteiger partial charge in [0, 0.05) is 24.5 Å². The van der Waals surface area contributed by atoms with Crippen LogP contribution in [-0.4, -0.2) is 41.5 Å². The molecule has 0 aromatic heterocycles. The number of aliphatic hydroxyl groups excluding tert-OH is 1. The number of nitrogens with two attached hydrogens (primary N) is 1. The number of hydrogen-bond acceptors (Lipinski definition) is 5. The number of allylic oxidation sites excluding steroid dienone is 7. The molecule has 5 heteroatoms. The smallest absolute Gasteiger partial charge is 0.331 e. The Kier molecular flexibility index (Phi) is 11.0. The highest BCUT2D eigenvalue weighted by atomic mass is 16.5. The lowest BCUT2D eigenvalue weighted by Gasteiger charge is -2.39. The Balaban J connectivity index is 1.85. The van der Waals surface area contributed by atoms with Crippen molar-refractivity contribution in [1.82, 2.24) is 0 Å². The summed E-state index contributed by atoms with van der Waals surface area (Å²) in [4.78, 5) is 11.3. The number of hydrogen-bond donors (Lipinski definition) is 2. The number of aliphatic hydroxyl groups is 1. The zero-order valence-corrected chi connectivity index (χ0v) is 20.7. The van der Waals surface area contributed by atoms with Gasteiger partial charge in [-0.05, 0) is 45.6 Å². The van der Waals surface area contributed by atoms with Gasteiger partial charge in [-0.15, -0.1) is 0 Å². The molecular formula is C28H41NO4. The van der Waals surface area contributed by atoms with Crippen molar-refractivity contribution < 1.29 is 19.4 Å². The molecule has 2 heterocycles. The molecule has 182 valence electrons. The molecule has 5 nitrogen and oxygen atoms in total. The first kappa shape index (κ1) is 27.0. The van der Waals surface area contributed by atoms with Crippen LogP contribution in [0, 0.1) is 11.8 Å². The number of ether oxygens (including phenoxy) is 2. The minimum absolute atomic E-state index is 0.0110. The predicted octanol–water partition coefficient (Wildman–Crippen LogP) is 4.95. The van der Waals surface area contributed by atoms with Crippen molar-refractivity contribution in [3.63, 3.8) is 0 Å². The second-order valence-electron chi connectivity index (χ2n) is 9.38. The van der Waals surface area contributed by atoms with E-state index in [4.69, 9.17) is 15.2 Å². The van der Waals surface area contributed by atoms with Crippen LogP contribution in [0.25, 0.3) is 0 Å². The van der Waals surface area contributed by atoms with Gasteiger partial charge < -0.3 is 20.3 Å². The van der Waals surface area contributed by atoms with E-state index in [0.717, 1.165) is 18.4 Å². The molecule has 0 amide bonds. The normalized spacial score (nSPS) is 31.5. The molecule has 7 atom stereocenters. The SMILES string of the molecule is C/C=C/[C@@H]1O[C@H](C(O)/C=C/C=C(\C)CC(C)/C=C(C)\C=C\C2CC=CC(=O)O2)CC(N)C1C. The zero-order chi connectivity index (χ0) is 24.4. The van der Waals surface area contributed by atoms with Crippen LogP contribution < -0.4 is 5.73 Å². The molecule has 1 saturated heterocycles. The first-order chi connectivity index (χ1) is 15.7. The first-order valence-corrected chi connectivity index (χ1v) is 12.0. The molecule has 2 aliphatic heterocycles. The van der Waals surface area contributed by atoms with Crippen LogP contribution in [-0.2, 0) is 14.3 Å². The lowest BCUT2D eigenvalue weighted by atomic mass is 9.87. The maximum absolute atomic E-state index is 11.3. The lowest BCUT2D eigenvalue weighted by Crippen LogP contribution is -2.49. The molecule has 0 saturated carbocycles. The molecule has 0 aliphatic carbocycles. The quantitative estimate of drug-likeness (QED) is 0.292. The molecule has 1 fully saturated rings. The predicted molar refractivity (Wildman–Crippen MR) is 134 cm³/mol. The first-order valence-electron chi connectivity index (χ1n) is 12.0. The van der Waals surface area contributed by atoms with E-state index in [-0.39, 0.29) is 36.2 Å². The van der Waals surface area contributed by atoms with Crippen molar-refractivity contribution in [2.75, 3.05) is 0 Å². The minimum Gasteiger partial charge on any atom is -0.455 e. The summed E-state index contributed by atoms with van der Waals surface area (Å²) >= 11 is 0. The van der Waals surface area contributed by atoms with Crippen LogP contribution in [0.5, 0.6) is 0 Å². The van der Waals surface area contributed by atoms with Gasteiger partial charge in [0.2, 0.25) is 0 Å². The van der Waals surface area contributed by atoms with Crippen LogP contribution in [0.15, 0.2) is 71.9 Å². The van der Waals surface area contributed by atoms with Gasteiger partial charge in [-0.25, -0.2) is 4.79 Å². The number of carbonyl (C=O) groups excluding carboxylic acids is 1. The van der Waals surface area contributed by atoms with Crippen molar-refractivity contribution in [1.29, 1.82) is 0 Å². The van der Waals surface area contributed by atoms with Gasteiger partial charge in [0.1, 0.15) is 6.10 Å². The number of rotatable bonds is 9. The standard InChI is InChI=1S/C28H41NO4/c1-6-9-26-22(5)24(29)18-27(33-26)25(30)12-7-10-19(2)16-21(4)17-20(3)14-15-23-11-8-13-28(31)32-23/h6-10,12-15,17,21-27,30H,11,16,18,29H2,1-5H3/b9-6+,12-7+,15-14+,19-10+,20-17-/t21?,22?,23?,24?,25?,26-,27-/m0/s1. The Morgan fingerprint density at radius 3 is 2.79 bits per heavy atom. The fraction of sp³-hybridized carbons (Fsp3) is 0.536. The molecule has 0 spiro atoms. The monoisotopic (exact) mass is 455 g/mol. The van der Waals surface area contributed by atoms with E-state index >= 15 is 0 Å². The van der Waals surface area contributed by atoms with E-state index in [0.29, 0.717) is 12.3 Å². The van der Waals surface area contributed by atoms with Gasteiger partial charge in [-0.1, -0.05) is 73.6 Å². The zero-order valence-electron chi connectivity index (χ0n) is 20.7. The highest BCUT2D eigenvalue weighted by Crippen LogP contribution is 2.27. The molecule has 0 radical (unpaired) electrons. The topological polar surface area (TPSA) is 81.8 Å². The van der Waals surface area contributed by atoms with Gasteiger partial charge in [0.05, 0.1) is 18.3 Å². The molecule has 5 unspecified atom stereocenters. The summed E-state index contributed by atoms with van der Waals surface area (Å²) in [5, 5.41) is 10.6. The van der Waals surface area contributed by atoms with E-state index in [2.05, 4.69) is 33.8 Å². The summed E-state index contributed by atoms with van der Waals surface area (Å²) < 4.78 is 11.3. The van der Waals surface area contributed by atoms with E-state index in [1.54, 1.807) is 6.08 Å². The highest BCUT2D eigenvalue weighted by Gasteiger charge is 2.35. The summed E-state index contributed by atoms with van der Waals surface area (Å²) in [6, 6.07) is 0.0110. The van der Waals surface area contributed by atoms with Gasteiger partial charge in [0.15, 0.2) is 0 Å². The number of esters is 1. The second-order valence-corrected chi connectivity index (χ2v) is 9.38. The highest BCUT2D eigenvalue weighted by molar-refractivity contribution is 5.82. The molecule has 0 aromatic carbocycles. The van der Waals surface area contributed by atoms with Crippen LogP contribution >= 0.6 is 0 Å². The van der Waals surface area contributed by atoms with Gasteiger partial charge in [-0.3, -0.25) is 0 Å². The summed E-state index contributed by atoms with van der Waals surface area (Å²) in [7, 11) is 0. The van der Waals surface area contributed by atoms with Crippen molar-refractivity contribution in [3.05, 3.63) is 71.9 Å². The van der Waals surface area contributed by atoms with E-state index in [1.807, 2.05) is 49.5 Å². The van der Waals surface area contributed by atoms with Gasteiger partial charge in [-0.2, -0.15) is 0 Å². The maximum Gasteiger partial charge on any atom is 0.331 e. The Labute approximate surface area is 199 Å². The fourth-order valence-corrected chi connectivity index (χ4v) is 4.25. The maximum atomic E-state index is 11.3. The average molecular weight is 456 g/mol. The number of carbonyl (C=O) groups is 1. The Morgan fingerprint density at radius 2 is 2.09 bits per heavy atom. The summed E-state index contributed by atoms with van der Waals surface area (Å²) in [5.41, 5.74) is 8.64. The largest absolute Gasteiger partial charge is 0.455 e. The van der Waals surface area contributed by atoms with Crippen LogP contribution in [0.4, 0.5) is 0 Å². The molecule has 2 rings (SSSR count). The minimum atomic E-state index is -0.686. The summed E-state index contributed by atoms with van der Waals surface area (Å²) in [5.74, 6) is 0.314. The summed E-state index contributed by atoms with van der Waals surface area (Å²) in [6.45, 7) is 10.4. The third-order valence-corrected chi connectivity index (χ3v) is 6.14. The third kappa shape index (κ3) is 9.28. The van der Waals surface area contributed by atoms with Crippen molar-refractivity contribution in [2.24, 2.45) is 17.6 Å². The molecule has 0 bridgehead atoms. The summed E-state index contributed by atoms with van der Waals surface area (Å²) in [6.07, 6.45) is 20.3. The van der Waals surface area contributed by atoms with E-state index < -0.39 is 6.10 Å². The van der Waals surface area contributed by atoms with Gasteiger partial charge >= 0.3 is 5.97 Å².